The summed E-state index contributed by atoms with van der Waals surface area (Å²) in [6.45, 7) is 4.80. The lowest BCUT2D eigenvalue weighted by Crippen LogP contribution is -2.29. The van der Waals surface area contributed by atoms with Gasteiger partial charge in [-0.25, -0.2) is 9.78 Å². The van der Waals surface area contributed by atoms with Crippen LogP contribution in [0.5, 0.6) is 0 Å². The van der Waals surface area contributed by atoms with Crippen molar-refractivity contribution in [2.45, 2.75) is 57.9 Å². The van der Waals surface area contributed by atoms with Crippen molar-refractivity contribution in [1.82, 2.24) is 10.3 Å². The van der Waals surface area contributed by atoms with E-state index in [4.69, 9.17) is 4.74 Å². The molecular weight excluding hydrogens is 419 g/mol. The van der Waals surface area contributed by atoms with Gasteiger partial charge in [0.25, 0.3) is 5.91 Å². The Morgan fingerprint density at radius 3 is 2.47 bits per heavy atom. The van der Waals surface area contributed by atoms with Gasteiger partial charge in [0.15, 0.2) is 5.69 Å². The molecule has 0 bridgehead atoms. The smallest absolute Gasteiger partial charge is 0.416 e. The summed E-state index contributed by atoms with van der Waals surface area (Å²) in [6.07, 6.45) is -3.37. The van der Waals surface area contributed by atoms with Crippen LogP contribution in [0.2, 0.25) is 0 Å². The number of anilines is 1. The molecule has 6 nitrogen and oxygen atoms in total. The largest absolute Gasteiger partial charge is 0.444 e. The van der Waals surface area contributed by atoms with Gasteiger partial charge in [-0.3, -0.25) is 10.1 Å². The SMILES string of the molecule is CC(C)(C)OC(=O)Nc1sc(C2CC2)nc1C(=O)NCc1ccccc1C(F)(F)F. The number of carbonyl (C=O) groups excluding carboxylic acids is 2. The Balaban J connectivity index is 1.76. The van der Waals surface area contributed by atoms with Gasteiger partial charge in [-0.2, -0.15) is 13.2 Å². The minimum atomic E-state index is -4.52. The second kappa shape index (κ2) is 8.25. The average molecular weight is 441 g/mol. The van der Waals surface area contributed by atoms with E-state index in [1.165, 1.54) is 29.5 Å². The lowest BCUT2D eigenvalue weighted by molar-refractivity contribution is -0.138. The number of nitrogens with one attached hydrogen (secondary N) is 2. The second-order valence-corrected chi connectivity index (χ2v) is 9.00. The van der Waals surface area contributed by atoms with Crippen LogP contribution in [0.3, 0.4) is 0 Å². The fraction of sp³-hybridized carbons (Fsp3) is 0.450. The quantitative estimate of drug-likeness (QED) is 0.658. The first-order valence-electron chi connectivity index (χ1n) is 9.38. The molecule has 0 unspecified atom stereocenters. The molecule has 0 aliphatic heterocycles. The van der Waals surface area contributed by atoms with Crippen LogP contribution >= 0.6 is 11.3 Å². The summed E-state index contributed by atoms with van der Waals surface area (Å²) in [5.41, 5.74) is -1.62. The third-order valence-electron chi connectivity index (χ3n) is 4.16. The molecule has 3 rings (SSSR count). The summed E-state index contributed by atoms with van der Waals surface area (Å²) in [5, 5.41) is 5.94. The Morgan fingerprint density at radius 1 is 1.20 bits per heavy atom. The highest BCUT2D eigenvalue weighted by molar-refractivity contribution is 7.16. The summed E-state index contributed by atoms with van der Waals surface area (Å²) < 4.78 is 44.7. The molecule has 1 aromatic heterocycles. The molecule has 1 aromatic carbocycles. The predicted molar refractivity (Wildman–Crippen MR) is 107 cm³/mol. The van der Waals surface area contributed by atoms with Crippen molar-refractivity contribution in [3.05, 3.63) is 46.1 Å². The van der Waals surface area contributed by atoms with E-state index in [0.717, 1.165) is 18.9 Å². The van der Waals surface area contributed by atoms with Crippen molar-refractivity contribution in [3.63, 3.8) is 0 Å². The van der Waals surface area contributed by atoms with E-state index in [1.807, 2.05) is 0 Å². The highest BCUT2D eigenvalue weighted by atomic mass is 32.1. The van der Waals surface area contributed by atoms with Crippen LogP contribution in [0, 0.1) is 0 Å². The normalized spacial score (nSPS) is 14.3. The van der Waals surface area contributed by atoms with E-state index in [1.54, 1.807) is 20.8 Å². The molecule has 1 aliphatic rings. The first-order chi connectivity index (χ1) is 13.9. The number of benzene rings is 1. The van der Waals surface area contributed by atoms with E-state index in [2.05, 4.69) is 15.6 Å². The van der Waals surface area contributed by atoms with Gasteiger partial charge in [-0.1, -0.05) is 18.2 Å². The zero-order valence-corrected chi connectivity index (χ0v) is 17.5. The van der Waals surface area contributed by atoms with Crippen LogP contribution in [0.4, 0.5) is 23.0 Å². The van der Waals surface area contributed by atoms with Gasteiger partial charge in [-0.05, 0) is 45.2 Å². The van der Waals surface area contributed by atoms with Crippen molar-refractivity contribution in [1.29, 1.82) is 0 Å². The Kier molecular flexibility index (Phi) is 6.07. The van der Waals surface area contributed by atoms with Gasteiger partial charge >= 0.3 is 12.3 Å². The van der Waals surface area contributed by atoms with Crippen molar-refractivity contribution in [2.24, 2.45) is 0 Å². The van der Waals surface area contributed by atoms with E-state index in [9.17, 15) is 22.8 Å². The number of alkyl halides is 3. The molecule has 1 saturated carbocycles. The highest BCUT2D eigenvalue weighted by Crippen LogP contribution is 2.44. The number of rotatable bonds is 5. The monoisotopic (exact) mass is 441 g/mol. The first-order valence-corrected chi connectivity index (χ1v) is 10.2. The summed E-state index contributed by atoms with van der Waals surface area (Å²) >= 11 is 1.18. The molecule has 1 aliphatic carbocycles. The number of carbonyl (C=O) groups is 2. The summed E-state index contributed by atoms with van der Waals surface area (Å²) in [7, 11) is 0. The van der Waals surface area contributed by atoms with E-state index in [0.29, 0.717) is 5.01 Å². The zero-order chi connectivity index (χ0) is 22.1. The molecular formula is C20H22F3N3O3S. The summed E-state index contributed by atoms with van der Waals surface area (Å²) in [6, 6.07) is 5.03. The van der Waals surface area contributed by atoms with Crippen LogP contribution in [0.1, 0.15) is 66.2 Å². The highest BCUT2D eigenvalue weighted by Gasteiger charge is 2.34. The van der Waals surface area contributed by atoms with Crippen molar-refractivity contribution in [3.8, 4) is 0 Å². The fourth-order valence-electron chi connectivity index (χ4n) is 2.69. The number of ether oxygens (including phenoxy) is 1. The Morgan fingerprint density at radius 2 is 1.87 bits per heavy atom. The lowest BCUT2D eigenvalue weighted by atomic mass is 10.1. The Hall–Kier alpha value is -2.62. The Bertz CT molecular complexity index is 947. The van der Waals surface area contributed by atoms with Crippen LogP contribution in [-0.4, -0.2) is 22.6 Å². The second-order valence-electron chi connectivity index (χ2n) is 7.97. The maximum absolute atomic E-state index is 13.2. The number of aromatic nitrogens is 1. The minimum Gasteiger partial charge on any atom is -0.444 e. The molecule has 1 fully saturated rings. The molecule has 0 radical (unpaired) electrons. The van der Waals surface area contributed by atoms with Gasteiger partial charge in [0.1, 0.15) is 10.6 Å². The maximum Gasteiger partial charge on any atom is 0.416 e. The zero-order valence-electron chi connectivity index (χ0n) is 16.7. The van der Waals surface area contributed by atoms with Crippen LogP contribution in [-0.2, 0) is 17.5 Å². The van der Waals surface area contributed by atoms with Crippen molar-refractivity contribution in [2.75, 3.05) is 5.32 Å². The van der Waals surface area contributed by atoms with Crippen LogP contribution in [0.25, 0.3) is 0 Å². The summed E-state index contributed by atoms with van der Waals surface area (Å²) in [5.74, 6) is -0.428. The summed E-state index contributed by atoms with van der Waals surface area (Å²) in [4.78, 5) is 29.1. The van der Waals surface area contributed by atoms with Gasteiger partial charge < -0.3 is 10.1 Å². The van der Waals surface area contributed by atoms with Crippen LogP contribution < -0.4 is 10.6 Å². The molecule has 162 valence electrons. The first kappa shape index (κ1) is 22.1. The predicted octanol–water partition coefficient (Wildman–Crippen LogP) is 5.32. The molecule has 0 atom stereocenters. The number of thiazole rings is 1. The van der Waals surface area contributed by atoms with Gasteiger partial charge in [0, 0.05) is 12.5 Å². The minimum absolute atomic E-state index is 0.0303. The van der Waals surface area contributed by atoms with Gasteiger partial charge in [0.05, 0.1) is 10.6 Å². The number of hydrogen-bond donors (Lipinski definition) is 2. The van der Waals surface area contributed by atoms with Crippen LogP contribution in [0.15, 0.2) is 24.3 Å². The standard InChI is InChI=1S/C20H22F3N3O3S/c1-19(2,3)29-18(28)26-17-14(25-16(30-17)11-8-9-11)15(27)24-10-12-6-4-5-7-13(12)20(21,22)23/h4-7,11H,8-10H2,1-3H3,(H,24,27)(H,26,28). The van der Waals surface area contributed by atoms with Gasteiger partial charge in [0.2, 0.25) is 0 Å². The molecule has 2 aromatic rings. The van der Waals surface area contributed by atoms with E-state index in [-0.39, 0.29) is 28.7 Å². The number of amides is 2. The topological polar surface area (TPSA) is 80.3 Å². The average Bonchev–Trinajstić information content (AvgIpc) is 3.39. The Labute approximate surface area is 175 Å². The van der Waals surface area contributed by atoms with Gasteiger partial charge in [-0.15, -0.1) is 11.3 Å². The molecule has 1 heterocycles. The number of halogens is 3. The van der Waals surface area contributed by atoms with E-state index >= 15 is 0 Å². The lowest BCUT2D eigenvalue weighted by Gasteiger charge is -2.19. The molecule has 30 heavy (non-hydrogen) atoms. The number of nitrogens with zero attached hydrogens (tertiary/aromatic N) is 1. The molecule has 2 amide bonds. The van der Waals surface area contributed by atoms with Crippen molar-refractivity contribution < 1.29 is 27.5 Å². The third kappa shape index (κ3) is 5.71. The molecule has 0 saturated heterocycles. The third-order valence-corrected chi connectivity index (χ3v) is 5.30. The molecule has 10 heteroatoms. The van der Waals surface area contributed by atoms with E-state index < -0.39 is 29.3 Å². The molecule has 2 N–H and O–H groups in total. The number of hydrogen-bond acceptors (Lipinski definition) is 5. The molecule has 0 spiro atoms. The fourth-order valence-corrected chi connectivity index (χ4v) is 3.80. The maximum atomic E-state index is 13.2. The van der Waals surface area contributed by atoms with Crippen molar-refractivity contribution >= 4 is 28.3 Å².